The van der Waals surface area contributed by atoms with Crippen LogP contribution in [-0.2, 0) is 11.2 Å². The number of nitrogens with zero attached hydrogens (tertiary/aromatic N) is 1. The van der Waals surface area contributed by atoms with Gasteiger partial charge in [-0.2, -0.15) is 0 Å². The van der Waals surface area contributed by atoms with Crippen molar-refractivity contribution in [2.45, 2.75) is 13.3 Å². The Kier molecular flexibility index (Phi) is 2.95. The molecule has 0 saturated carbocycles. The average molecular weight is 231 g/mol. The van der Waals surface area contributed by atoms with Gasteiger partial charge in [0.15, 0.2) is 0 Å². The number of aromatic nitrogens is 1. The van der Waals surface area contributed by atoms with Crippen molar-refractivity contribution in [3.8, 4) is 5.88 Å². The van der Waals surface area contributed by atoms with Gasteiger partial charge in [0.1, 0.15) is 0 Å². The highest BCUT2D eigenvalue weighted by Crippen LogP contribution is 2.24. The lowest BCUT2D eigenvalue weighted by Gasteiger charge is -2.09. The molecule has 0 aliphatic carbocycles. The van der Waals surface area contributed by atoms with Gasteiger partial charge in [0.05, 0.1) is 19.0 Å². The van der Waals surface area contributed by atoms with Crippen molar-refractivity contribution in [1.82, 2.24) is 4.98 Å². The molecule has 1 aromatic heterocycles. The molecule has 0 atom stereocenters. The molecule has 0 aliphatic rings. The highest BCUT2D eigenvalue weighted by atomic mass is 16.5. The Bertz CT molecular complexity index is 578. The van der Waals surface area contributed by atoms with Crippen molar-refractivity contribution >= 4 is 16.9 Å². The molecule has 0 saturated heterocycles. The molecule has 4 heteroatoms. The van der Waals surface area contributed by atoms with Crippen molar-refractivity contribution < 1.29 is 14.6 Å². The third-order valence-electron chi connectivity index (χ3n) is 2.62. The van der Waals surface area contributed by atoms with Gasteiger partial charge in [-0.1, -0.05) is 18.2 Å². The van der Waals surface area contributed by atoms with Gasteiger partial charge in [-0.3, -0.25) is 4.79 Å². The van der Waals surface area contributed by atoms with Gasteiger partial charge in [-0.25, -0.2) is 4.98 Å². The van der Waals surface area contributed by atoms with E-state index in [2.05, 4.69) is 4.98 Å². The number of methoxy groups -OCH3 is 1. The Morgan fingerprint density at radius 2 is 2.24 bits per heavy atom. The summed E-state index contributed by atoms with van der Waals surface area (Å²) in [6.07, 6.45) is -0.0833. The van der Waals surface area contributed by atoms with Crippen molar-refractivity contribution in [3.05, 3.63) is 35.4 Å². The van der Waals surface area contributed by atoms with E-state index in [4.69, 9.17) is 9.84 Å². The number of rotatable bonds is 3. The quantitative estimate of drug-likeness (QED) is 0.879. The molecular formula is C13H13NO3. The number of aryl methyl sites for hydroxylation is 1. The molecule has 2 aromatic rings. The molecule has 0 unspecified atom stereocenters. The Labute approximate surface area is 98.9 Å². The van der Waals surface area contributed by atoms with E-state index in [9.17, 15) is 4.79 Å². The van der Waals surface area contributed by atoms with Crippen molar-refractivity contribution in [1.29, 1.82) is 0 Å². The van der Waals surface area contributed by atoms with Gasteiger partial charge in [-0.05, 0) is 18.6 Å². The maximum atomic E-state index is 10.8. The van der Waals surface area contributed by atoms with E-state index in [-0.39, 0.29) is 6.42 Å². The van der Waals surface area contributed by atoms with Crippen LogP contribution in [0.25, 0.3) is 10.9 Å². The molecule has 0 bridgehead atoms. The second-order valence-electron chi connectivity index (χ2n) is 3.87. The number of carbonyl (C=O) groups is 1. The van der Waals surface area contributed by atoms with Gasteiger partial charge in [0, 0.05) is 10.9 Å². The van der Waals surface area contributed by atoms with Crippen LogP contribution in [0.3, 0.4) is 0 Å². The molecule has 17 heavy (non-hydrogen) atoms. The fraction of sp³-hybridized carbons (Fsp3) is 0.231. The number of benzene rings is 1. The monoisotopic (exact) mass is 231 g/mol. The highest BCUT2D eigenvalue weighted by molar-refractivity contribution is 5.84. The van der Waals surface area contributed by atoms with E-state index < -0.39 is 5.97 Å². The Morgan fingerprint density at radius 1 is 1.47 bits per heavy atom. The van der Waals surface area contributed by atoms with Crippen LogP contribution in [-0.4, -0.2) is 23.2 Å². The smallest absolute Gasteiger partial charge is 0.308 e. The van der Waals surface area contributed by atoms with Crippen LogP contribution in [0.2, 0.25) is 0 Å². The SMILES string of the molecule is COc1nc2c(C)cccc2cc1CC(=O)O. The number of aliphatic carboxylic acids is 1. The maximum Gasteiger partial charge on any atom is 0.308 e. The van der Waals surface area contributed by atoms with Crippen molar-refractivity contribution in [2.24, 2.45) is 0 Å². The van der Waals surface area contributed by atoms with Crippen LogP contribution < -0.4 is 4.74 Å². The summed E-state index contributed by atoms with van der Waals surface area (Å²) in [7, 11) is 1.50. The topological polar surface area (TPSA) is 59.4 Å². The molecule has 1 heterocycles. The second-order valence-corrected chi connectivity index (χ2v) is 3.87. The molecule has 0 spiro atoms. The number of pyridine rings is 1. The first-order valence-electron chi connectivity index (χ1n) is 5.27. The van der Waals surface area contributed by atoms with E-state index in [1.165, 1.54) is 7.11 Å². The summed E-state index contributed by atoms with van der Waals surface area (Å²) >= 11 is 0. The standard InChI is InChI=1S/C13H13NO3/c1-8-4-3-5-9-6-10(7-11(15)16)13(17-2)14-12(8)9/h3-6H,7H2,1-2H3,(H,15,16). The number of para-hydroxylation sites is 1. The van der Waals surface area contributed by atoms with E-state index in [1.807, 2.05) is 31.2 Å². The lowest BCUT2D eigenvalue weighted by atomic mass is 10.1. The van der Waals surface area contributed by atoms with E-state index in [0.29, 0.717) is 11.4 Å². The number of hydrogen-bond donors (Lipinski definition) is 1. The fourth-order valence-corrected chi connectivity index (χ4v) is 1.84. The molecule has 1 N–H and O–H groups in total. The normalized spacial score (nSPS) is 10.5. The highest BCUT2D eigenvalue weighted by Gasteiger charge is 2.11. The molecule has 0 amide bonds. The van der Waals surface area contributed by atoms with Crippen LogP contribution in [0.15, 0.2) is 24.3 Å². The summed E-state index contributed by atoms with van der Waals surface area (Å²) in [4.78, 5) is 15.1. The zero-order valence-corrected chi connectivity index (χ0v) is 9.73. The minimum absolute atomic E-state index is 0.0833. The summed E-state index contributed by atoms with van der Waals surface area (Å²) in [5, 5.41) is 9.76. The Hall–Kier alpha value is -2.10. The van der Waals surface area contributed by atoms with E-state index >= 15 is 0 Å². The second kappa shape index (κ2) is 4.41. The third kappa shape index (κ3) is 2.20. The van der Waals surface area contributed by atoms with Crippen LogP contribution >= 0.6 is 0 Å². The molecule has 0 aliphatic heterocycles. The Morgan fingerprint density at radius 3 is 2.88 bits per heavy atom. The Balaban J connectivity index is 2.64. The largest absolute Gasteiger partial charge is 0.481 e. The molecule has 4 nitrogen and oxygen atoms in total. The lowest BCUT2D eigenvalue weighted by molar-refractivity contribution is -0.136. The number of hydrogen-bond acceptors (Lipinski definition) is 3. The average Bonchev–Trinajstić information content (AvgIpc) is 2.28. The summed E-state index contributed by atoms with van der Waals surface area (Å²) in [5.74, 6) is -0.508. The van der Waals surface area contributed by atoms with E-state index in [1.54, 1.807) is 0 Å². The third-order valence-corrected chi connectivity index (χ3v) is 2.62. The van der Waals surface area contributed by atoms with Crippen molar-refractivity contribution in [3.63, 3.8) is 0 Å². The molecule has 2 rings (SSSR count). The molecule has 88 valence electrons. The van der Waals surface area contributed by atoms with Crippen LogP contribution in [0.1, 0.15) is 11.1 Å². The zero-order chi connectivity index (χ0) is 12.4. The fourth-order valence-electron chi connectivity index (χ4n) is 1.84. The van der Waals surface area contributed by atoms with Crippen LogP contribution in [0, 0.1) is 6.92 Å². The number of carboxylic acids is 1. The van der Waals surface area contributed by atoms with E-state index in [0.717, 1.165) is 16.5 Å². The van der Waals surface area contributed by atoms with Crippen molar-refractivity contribution in [2.75, 3.05) is 7.11 Å². The predicted molar refractivity (Wildman–Crippen MR) is 64.4 cm³/mol. The summed E-state index contributed by atoms with van der Waals surface area (Å²) < 4.78 is 5.13. The number of fused-ring (bicyclic) bond motifs is 1. The minimum Gasteiger partial charge on any atom is -0.481 e. The molecule has 1 aromatic carbocycles. The minimum atomic E-state index is -0.892. The van der Waals surface area contributed by atoms with Gasteiger partial charge in [0.25, 0.3) is 0 Å². The van der Waals surface area contributed by atoms with Gasteiger partial charge in [0.2, 0.25) is 5.88 Å². The lowest BCUT2D eigenvalue weighted by Crippen LogP contribution is -2.04. The van der Waals surface area contributed by atoms with Gasteiger partial charge >= 0.3 is 5.97 Å². The molecule has 0 radical (unpaired) electrons. The van der Waals surface area contributed by atoms with Gasteiger partial charge < -0.3 is 9.84 Å². The summed E-state index contributed by atoms with van der Waals surface area (Å²) in [6.45, 7) is 1.96. The number of ether oxygens (including phenoxy) is 1. The first kappa shape index (κ1) is 11.4. The first-order valence-corrected chi connectivity index (χ1v) is 5.27. The van der Waals surface area contributed by atoms with Crippen LogP contribution in [0.5, 0.6) is 5.88 Å². The summed E-state index contributed by atoms with van der Waals surface area (Å²) in [6, 6.07) is 7.63. The molecular weight excluding hydrogens is 218 g/mol. The van der Waals surface area contributed by atoms with Crippen LogP contribution in [0.4, 0.5) is 0 Å². The zero-order valence-electron chi connectivity index (χ0n) is 9.73. The summed E-state index contributed by atoms with van der Waals surface area (Å²) in [5.41, 5.74) is 2.49. The first-order chi connectivity index (χ1) is 8.11. The van der Waals surface area contributed by atoms with Gasteiger partial charge in [-0.15, -0.1) is 0 Å². The predicted octanol–water partition coefficient (Wildman–Crippen LogP) is 2.18. The molecule has 0 fully saturated rings. The maximum absolute atomic E-state index is 10.8. The number of carboxylic acid groups (broad SMARTS) is 1.